The van der Waals surface area contributed by atoms with Crippen molar-refractivity contribution in [3.05, 3.63) is 81.8 Å². The van der Waals surface area contributed by atoms with E-state index in [1.165, 1.54) is 0 Å². The molecule has 0 aromatic heterocycles. The molecular weight excluding hydrogens is 311 g/mol. The van der Waals surface area contributed by atoms with Gasteiger partial charge in [0.15, 0.2) is 0 Å². The molecule has 0 aliphatic rings. The third-order valence-corrected chi connectivity index (χ3v) is 4.38. The van der Waals surface area contributed by atoms with Gasteiger partial charge in [0.1, 0.15) is 0 Å². The van der Waals surface area contributed by atoms with Gasteiger partial charge in [-0.3, -0.25) is 0 Å². The molecule has 0 radical (unpaired) electrons. The number of hydrogen-bond acceptors (Lipinski definition) is 0. The fourth-order valence-corrected chi connectivity index (χ4v) is 3.18. The molecule has 0 heterocycles. The van der Waals surface area contributed by atoms with Crippen LogP contribution < -0.4 is 0 Å². The minimum absolute atomic E-state index is 0.327. The van der Waals surface area contributed by atoms with Crippen LogP contribution in [0.2, 0.25) is 10.0 Å². The van der Waals surface area contributed by atoms with Crippen LogP contribution in [0, 0.1) is 0 Å². The highest BCUT2D eigenvalue weighted by atomic mass is 35.5. The molecule has 1 atom stereocenters. The Kier molecular flexibility index (Phi) is 3.89. The Morgan fingerprint density at radius 3 is 2.35 bits per heavy atom. The van der Waals surface area contributed by atoms with Gasteiger partial charge in [-0.15, -0.1) is 11.6 Å². The fraction of sp³-hybridized carbons (Fsp3) is 0.0588. The quantitative estimate of drug-likeness (QED) is 0.474. The summed E-state index contributed by atoms with van der Waals surface area (Å²) < 4.78 is 0. The van der Waals surface area contributed by atoms with Gasteiger partial charge in [-0.25, -0.2) is 0 Å². The lowest BCUT2D eigenvalue weighted by Crippen LogP contribution is -1.95. The average Bonchev–Trinajstić information content (AvgIpc) is 2.48. The van der Waals surface area contributed by atoms with Crippen molar-refractivity contribution in [1.29, 1.82) is 0 Å². The summed E-state index contributed by atoms with van der Waals surface area (Å²) in [6.45, 7) is 0. The molecule has 1 unspecified atom stereocenters. The van der Waals surface area contributed by atoms with E-state index in [2.05, 4.69) is 18.2 Å². The lowest BCUT2D eigenvalue weighted by molar-refractivity contribution is 1.16. The Morgan fingerprint density at radius 1 is 0.750 bits per heavy atom. The Labute approximate surface area is 132 Å². The zero-order chi connectivity index (χ0) is 14.1. The molecular formula is C17H11Cl3. The molecule has 0 nitrogen and oxygen atoms in total. The molecule has 0 saturated heterocycles. The highest BCUT2D eigenvalue weighted by molar-refractivity contribution is 6.35. The van der Waals surface area contributed by atoms with E-state index in [-0.39, 0.29) is 5.38 Å². The predicted octanol–water partition coefficient (Wildman–Crippen LogP) is 6.47. The first-order valence-corrected chi connectivity index (χ1v) is 7.43. The highest BCUT2D eigenvalue weighted by Gasteiger charge is 2.16. The summed E-state index contributed by atoms with van der Waals surface area (Å²) >= 11 is 18.9. The Hall–Kier alpha value is -1.21. The molecule has 0 saturated carbocycles. The van der Waals surface area contributed by atoms with Crippen molar-refractivity contribution in [3.63, 3.8) is 0 Å². The number of rotatable bonds is 2. The average molecular weight is 322 g/mol. The molecule has 0 amide bonds. The molecule has 0 aliphatic carbocycles. The second-order valence-corrected chi connectivity index (χ2v) is 5.88. The predicted molar refractivity (Wildman–Crippen MR) is 88.1 cm³/mol. The monoisotopic (exact) mass is 320 g/mol. The van der Waals surface area contributed by atoms with Gasteiger partial charge in [-0.2, -0.15) is 0 Å². The zero-order valence-electron chi connectivity index (χ0n) is 10.5. The van der Waals surface area contributed by atoms with Crippen molar-refractivity contribution >= 4 is 45.6 Å². The van der Waals surface area contributed by atoms with E-state index in [1.807, 2.05) is 30.3 Å². The summed E-state index contributed by atoms with van der Waals surface area (Å²) in [7, 11) is 0. The fourth-order valence-electron chi connectivity index (χ4n) is 2.35. The molecule has 20 heavy (non-hydrogen) atoms. The van der Waals surface area contributed by atoms with Gasteiger partial charge in [0.2, 0.25) is 0 Å². The van der Waals surface area contributed by atoms with E-state index in [0.29, 0.717) is 10.0 Å². The van der Waals surface area contributed by atoms with Gasteiger partial charge < -0.3 is 0 Å². The van der Waals surface area contributed by atoms with Crippen LogP contribution in [0.5, 0.6) is 0 Å². The van der Waals surface area contributed by atoms with Crippen LogP contribution in [0.25, 0.3) is 10.8 Å². The van der Waals surface area contributed by atoms with Gasteiger partial charge in [0.05, 0.1) is 5.38 Å². The number of fused-ring (bicyclic) bond motifs is 1. The molecule has 0 bridgehead atoms. The van der Waals surface area contributed by atoms with Crippen LogP contribution in [0.15, 0.2) is 60.7 Å². The van der Waals surface area contributed by atoms with Crippen LogP contribution in [0.1, 0.15) is 16.5 Å². The van der Waals surface area contributed by atoms with Gasteiger partial charge in [-0.1, -0.05) is 65.7 Å². The standard InChI is InChI=1S/C17H11Cl3/c18-12-8-9-16(19)15(10-12)17(20)14-7-3-5-11-4-1-2-6-13(11)14/h1-10,17H. The molecule has 3 aromatic carbocycles. The third kappa shape index (κ3) is 2.52. The van der Waals surface area contributed by atoms with Crippen molar-refractivity contribution in [1.82, 2.24) is 0 Å². The Morgan fingerprint density at radius 2 is 1.50 bits per heavy atom. The molecule has 3 heteroatoms. The Bertz CT molecular complexity index is 760. The molecule has 0 N–H and O–H groups in total. The smallest absolute Gasteiger partial charge is 0.0856 e. The van der Waals surface area contributed by atoms with Crippen LogP contribution in [0.4, 0.5) is 0 Å². The maximum atomic E-state index is 6.64. The van der Waals surface area contributed by atoms with Gasteiger partial charge >= 0.3 is 0 Å². The molecule has 100 valence electrons. The van der Waals surface area contributed by atoms with E-state index in [0.717, 1.165) is 21.9 Å². The lowest BCUT2D eigenvalue weighted by Gasteiger charge is -2.15. The van der Waals surface area contributed by atoms with Crippen molar-refractivity contribution in [2.24, 2.45) is 0 Å². The van der Waals surface area contributed by atoms with Crippen LogP contribution in [-0.4, -0.2) is 0 Å². The van der Waals surface area contributed by atoms with Crippen molar-refractivity contribution < 1.29 is 0 Å². The van der Waals surface area contributed by atoms with E-state index in [1.54, 1.807) is 12.1 Å². The number of benzene rings is 3. The van der Waals surface area contributed by atoms with E-state index in [9.17, 15) is 0 Å². The second-order valence-electron chi connectivity index (χ2n) is 4.60. The highest BCUT2D eigenvalue weighted by Crippen LogP contribution is 2.38. The number of hydrogen-bond donors (Lipinski definition) is 0. The summed E-state index contributed by atoms with van der Waals surface area (Å²) in [4.78, 5) is 0. The first-order chi connectivity index (χ1) is 9.66. The third-order valence-electron chi connectivity index (χ3n) is 3.33. The molecule has 0 aliphatic heterocycles. The minimum atomic E-state index is -0.327. The summed E-state index contributed by atoms with van der Waals surface area (Å²) in [6.07, 6.45) is 0. The van der Waals surface area contributed by atoms with Gasteiger partial charge in [0.25, 0.3) is 0 Å². The zero-order valence-corrected chi connectivity index (χ0v) is 12.8. The largest absolute Gasteiger partial charge is 0.113 e. The summed E-state index contributed by atoms with van der Waals surface area (Å²) in [5.41, 5.74) is 1.87. The topological polar surface area (TPSA) is 0 Å². The summed E-state index contributed by atoms with van der Waals surface area (Å²) in [5.74, 6) is 0. The normalized spacial score (nSPS) is 12.6. The first kappa shape index (κ1) is 13.8. The van der Waals surface area contributed by atoms with E-state index < -0.39 is 0 Å². The number of halogens is 3. The first-order valence-electron chi connectivity index (χ1n) is 6.23. The summed E-state index contributed by atoms with van der Waals surface area (Å²) in [5, 5.41) is 3.23. The molecule has 3 rings (SSSR count). The summed E-state index contributed by atoms with van der Waals surface area (Å²) in [6, 6.07) is 19.6. The number of alkyl halides is 1. The molecule has 3 aromatic rings. The van der Waals surface area contributed by atoms with Crippen LogP contribution >= 0.6 is 34.8 Å². The van der Waals surface area contributed by atoms with Crippen molar-refractivity contribution in [2.75, 3.05) is 0 Å². The van der Waals surface area contributed by atoms with Crippen LogP contribution in [0.3, 0.4) is 0 Å². The molecule has 0 spiro atoms. The minimum Gasteiger partial charge on any atom is -0.113 e. The second kappa shape index (κ2) is 5.65. The molecule has 0 fully saturated rings. The maximum absolute atomic E-state index is 6.64. The van der Waals surface area contributed by atoms with Crippen molar-refractivity contribution in [2.45, 2.75) is 5.38 Å². The van der Waals surface area contributed by atoms with Gasteiger partial charge in [-0.05, 0) is 40.1 Å². The van der Waals surface area contributed by atoms with E-state index >= 15 is 0 Å². The van der Waals surface area contributed by atoms with Crippen molar-refractivity contribution in [3.8, 4) is 0 Å². The Balaban J connectivity index is 2.17. The van der Waals surface area contributed by atoms with Gasteiger partial charge in [0, 0.05) is 10.0 Å². The van der Waals surface area contributed by atoms with E-state index in [4.69, 9.17) is 34.8 Å². The van der Waals surface area contributed by atoms with Crippen LogP contribution in [-0.2, 0) is 0 Å². The lowest BCUT2D eigenvalue weighted by atomic mass is 9.98. The maximum Gasteiger partial charge on any atom is 0.0856 e. The SMILES string of the molecule is Clc1ccc(Cl)c(C(Cl)c2cccc3ccccc23)c1.